The summed E-state index contributed by atoms with van der Waals surface area (Å²) in [5.74, 6) is -1.28. The Kier molecular flexibility index (Phi) is 3.88. The number of aryl methyl sites for hydroxylation is 2. The summed E-state index contributed by atoms with van der Waals surface area (Å²) < 4.78 is 27.5. The minimum Gasteiger partial charge on any atom is -0.320 e. The molecule has 0 saturated carbocycles. The minimum absolute atomic E-state index is 0.118. The summed E-state index contributed by atoms with van der Waals surface area (Å²) in [6.45, 7) is 3.65. The maximum absolute atomic E-state index is 13.8. The Morgan fingerprint density at radius 2 is 1.63 bits per heavy atom. The van der Waals surface area contributed by atoms with Crippen LogP contribution in [0, 0.1) is 25.5 Å². The molecule has 2 rings (SSSR count). The van der Waals surface area contributed by atoms with Gasteiger partial charge in [-0.3, -0.25) is 0 Å². The SMILES string of the molecule is Cc1cc(C(N)c2c(F)cccc2F)c(C)cc1Cl. The van der Waals surface area contributed by atoms with Gasteiger partial charge in [-0.1, -0.05) is 23.7 Å². The van der Waals surface area contributed by atoms with Crippen molar-refractivity contribution in [2.24, 2.45) is 5.73 Å². The van der Waals surface area contributed by atoms with Crippen molar-refractivity contribution in [3.63, 3.8) is 0 Å². The predicted octanol–water partition coefficient (Wildman–Crippen LogP) is 4.28. The number of rotatable bonds is 2. The lowest BCUT2D eigenvalue weighted by atomic mass is 9.93. The molecule has 0 bridgehead atoms. The lowest BCUT2D eigenvalue weighted by molar-refractivity contribution is 0.543. The third-order valence-corrected chi connectivity index (χ3v) is 3.60. The van der Waals surface area contributed by atoms with Gasteiger partial charge in [-0.15, -0.1) is 0 Å². The molecule has 19 heavy (non-hydrogen) atoms. The van der Waals surface area contributed by atoms with Gasteiger partial charge in [0.15, 0.2) is 0 Å². The summed E-state index contributed by atoms with van der Waals surface area (Å²) in [5.41, 5.74) is 8.21. The van der Waals surface area contributed by atoms with Crippen LogP contribution in [0.4, 0.5) is 8.78 Å². The van der Waals surface area contributed by atoms with Crippen LogP contribution in [0.1, 0.15) is 28.3 Å². The number of hydrogen-bond donors (Lipinski definition) is 1. The van der Waals surface area contributed by atoms with Crippen molar-refractivity contribution < 1.29 is 8.78 Å². The molecule has 0 aliphatic rings. The molecule has 2 N–H and O–H groups in total. The maximum atomic E-state index is 13.8. The lowest BCUT2D eigenvalue weighted by Crippen LogP contribution is -2.17. The van der Waals surface area contributed by atoms with Crippen LogP contribution in [0.15, 0.2) is 30.3 Å². The van der Waals surface area contributed by atoms with E-state index in [2.05, 4.69) is 0 Å². The van der Waals surface area contributed by atoms with E-state index >= 15 is 0 Å². The van der Waals surface area contributed by atoms with Crippen LogP contribution in [0.5, 0.6) is 0 Å². The second-order valence-electron chi connectivity index (χ2n) is 4.57. The monoisotopic (exact) mass is 281 g/mol. The third kappa shape index (κ3) is 2.62. The molecule has 1 atom stereocenters. The Hall–Kier alpha value is -1.45. The first-order chi connectivity index (χ1) is 8.91. The van der Waals surface area contributed by atoms with Gasteiger partial charge in [-0.05, 0) is 48.7 Å². The molecule has 1 nitrogen and oxygen atoms in total. The molecular formula is C15H14ClF2N. The first kappa shape index (κ1) is 14.0. The molecular weight excluding hydrogens is 268 g/mol. The molecule has 0 fully saturated rings. The molecule has 0 saturated heterocycles. The van der Waals surface area contributed by atoms with E-state index in [9.17, 15) is 8.78 Å². The van der Waals surface area contributed by atoms with Crippen LogP contribution in [0.3, 0.4) is 0 Å². The molecule has 2 aromatic rings. The fraction of sp³-hybridized carbons (Fsp3) is 0.200. The highest BCUT2D eigenvalue weighted by Gasteiger charge is 2.20. The van der Waals surface area contributed by atoms with Gasteiger partial charge in [0, 0.05) is 10.6 Å². The number of halogens is 3. The van der Waals surface area contributed by atoms with Crippen molar-refractivity contribution in [2.45, 2.75) is 19.9 Å². The fourth-order valence-corrected chi connectivity index (χ4v) is 2.32. The number of nitrogens with two attached hydrogens (primary N) is 1. The van der Waals surface area contributed by atoms with Crippen molar-refractivity contribution in [3.05, 3.63) is 69.2 Å². The molecule has 0 aliphatic carbocycles. The molecule has 1 unspecified atom stereocenters. The van der Waals surface area contributed by atoms with E-state index in [0.717, 1.165) is 11.1 Å². The lowest BCUT2D eigenvalue weighted by Gasteiger charge is -2.18. The van der Waals surface area contributed by atoms with Gasteiger partial charge < -0.3 is 5.73 Å². The highest BCUT2D eigenvalue weighted by Crippen LogP contribution is 2.30. The minimum atomic E-state index is -0.850. The normalized spacial score (nSPS) is 12.5. The summed E-state index contributed by atoms with van der Waals surface area (Å²) in [4.78, 5) is 0. The van der Waals surface area contributed by atoms with Crippen molar-refractivity contribution in [1.29, 1.82) is 0 Å². The zero-order valence-corrected chi connectivity index (χ0v) is 11.4. The van der Waals surface area contributed by atoms with Gasteiger partial charge >= 0.3 is 0 Å². The zero-order valence-electron chi connectivity index (χ0n) is 10.7. The maximum Gasteiger partial charge on any atom is 0.131 e. The Morgan fingerprint density at radius 1 is 1.05 bits per heavy atom. The smallest absolute Gasteiger partial charge is 0.131 e. The Balaban J connectivity index is 2.56. The van der Waals surface area contributed by atoms with Crippen molar-refractivity contribution >= 4 is 11.6 Å². The molecule has 0 radical (unpaired) electrons. The highest BCUT2D eigenvalue weighted by atomic mass is 35.5. The summed E-state index contributed by atoms with van der Waals surface area (Å²) in [5, 5.41) is 0.613. The van der Waals surface area contributed by atoms with E-state index in [-0.39, 0.29) is 5.56 Å². The van der Waals surface area contributed by atoms with Crippen LogP contribution in [0.2, 0.25) is 5.02 Å². The third-order valence-electron chi connectivity index (χ3n) is 3.19. The Labute approximate surface area is 116 Å². The molecule has 0 amide bonds. The first-order valence-electron chi connectivity index (χ1n) is 5.88. The standard InChI is InChI=1S/C15H14ClF2N/c1-8-7-11(16)9(2)6-10(8)15(19)14-12(17)4-3-5-13(14)18/h3-7,15H,19H2,1-2H3. The van der Waals surface area contributed by atoms with E-state index in [1.165, 1.54) is 18.2 Å². The van der Waals surface area contributed by atoms with Gasteiger partial charge in [-0.25, -0.2) is 8.78 Å². The second kappa shape index (κ2) is 5.27. The van der Waals surface area contributed by atoms with E-state index in [1.807, 2.05) is 13.8 Å². The van der Waals surface area contributed by atoms with E-state index in [4.69, 9.17) is 17.3 Å². The van der Waals surface area contributed by atoms with Crippen LogP contribution in [0.25, 0.3) is 0 Å². The quantitative estimate of drug-likeness (QED) is 0.873. The molecule has 100 valence electrons. The molecule has 4 heteroatoms. The van der Waals surface area contributed by atoms with Crippen LogP contribution < -0.4 is 5.73 Å². The summed E-state index contributed by atoms with van der Waals surface area (Å²) in [6, 6.07) is 6.41. The topological polar surface area (TPSA) is 26.0 Å². The van der Waals surface area contributed by atoms with Gasteiger partial charge in [-0.2, -0.15) is 0 Å². The van der Waals surface area contributed by atoms with Gasteiger partial charge in [0.1, 0.15) is 11.6 Å². The zero-order chi connectivity index (χ0) is 14.2. The predicted molar refractivity (Wildman–Crippen MR) is 73.3 cm³/mol. The van der Waals surface area contributed by atoms with Crippen LogP contribution in [-0.4, -0.2) is 0 Å². The fourth-order valence-electron chi connectivity index (χ4n) is 2.10. The van der Waals surface area contributed by atoms with Crippen LogP contribution in [-0.2, 0) is 0 Å². The van der Waals surface area contributed by atoms with Crippen molar-refractivity contribution in [1.82, 2.24) is 0 Å². The Bertz CT molecular complexity index is 606. The molecule has 0 heterocycles. The largest absolute Gasteiger partial charge is 0.320 e. The molecule has 0 aromatic heterocycles. The van der Waals surface area contributed by atoms with E-state index in [0.29, 0.717) is 10.6 Å². The van der Waals surface area contributed by atoms with E-state index in [1.54, 1.807) is 12.1 Å². The average molecular weight is 282 g/mol. The van der Waals surface area contributed by atoms with Crippen LogP contribution >= 0.6 is 11.6 Å². The molecule has 0 aliphatic heterocycles. The molecule has 2 aromatic carbocycles. The number of benzene rings is 2. The number of hydrogen-bond acceptors (Lipinski definition) is 1. The van der Waals surface area contributed by atoms with Gasteiger partial charge in [0.25, 0.3) is 0 Å². The Morgan fingerprint density at radius 3 is 2.21 bits per heavy atom. The average Bonchev–Trinajstić information content (AvgIpc) is 2.33. The summed E-state index contributed by atoms with van der Waals surface area (Å²) in [6.07, 6.45) is 0. The first-order valence-corrected chi connectivity index (χ1v) is 6.25. The van der Waals surface area contributed by atoms with Gasteiger partial charge in [0.2, 0.25) is 0 Å². The summed E-state index contributed by atoms with van der Waals surface area (Å²) >= 11 is 6.01. The second-order valence-corrected chi connectivity index (χ2v) is 4.98. The van der Waals surface area contributed by atoms with Gasteiger partial charge in [0.05, 0.1) is 6.04 Å². The van der Waals surface area contributed by atoms with Crippen molar-refractivity contribution in [3.8, 4) is 0 Å². The van der Waals surface area contributed by atoms with Crippen molar-refractivity contribution in [2.75, 3.05) is 0 Å². The molecule has 0 spiro atoms. The van der Waals surface area contributed by atoms with E-state index < -0.39 is 17.7 Å². The summed E-state index contributed by atoms with van der Waals surface area (Å²) in [7, 11) is 0. The highest BCUT2D eigenvalue weighted by molar-refractivity contribution is 6.31.